The van der Waals surface area contributed by atoms with E-state index in [0.717, 1.165) is 24.5 Å². The van der Waals surface area contributed by atoms with E-state index in [-0.39, 0.29) is 11.5 Å². The Kier molecular flexibility index (Phi) is 6.03. The van der Waals surface area contributed by atoms with Crippen molar-refractivity contribution in [2.45, 2.75) is 20.4 Å². The lowest BCUT2D eigenvalue weighted by Crippen LogP contribution is -2.49. The first kappa shape index (κ1) is 20.8. The Labute approximate surface area is 183 Å². The molecule has 3 aromatic rings. The molecule has 158 valence electrons. The van der Waals surface area contributed by atoms with Gasteiger partial charge < -0.3 is 4.90 Å². The molecule has 0 atom stereocenters. The Balaban J connectivity index is 1.35. The monoisotopic (exact) mass is 446 g/mol. The smallest absolute Gasteiger partial charge is 0.266 e. The molecular weight excluding hydrogens is 424 g/mol. The molecule has 3 aromatic heterocycles. The summed E-state index contributed by atoms with van der Waals surface area (Å²) in [6.45, 7) is 7.90. The summed E-state index contributed by atoms with van der Waals surface area (Å²) in [7, 11) is 0. The maximum Gasteiger partial charge on any atom is 0.266 e. The van der Waals surface area contributed by atoms with Gasteiger partial charge in [-0.3, -0.25) is 14.5 Å². The Hall–Kier alpha value is -2.49. The van der Waals surface area contributed by atoms with Crippen LogP contribution in [0.5, 0.6) is 0 Å². The average molecular weight is 447 g/mol. The third-order valence-electron chi connectivity index (χ3n) is 5.15. The Bertz CT molecular complexity index is 1110. The molecule has 1 amide bonds. The summed E-state index contributed by atoms with van der Waals surface area (Å²) in [6, 6.07) is 8.72. The minimum atomic E-state index is -0.135. The summed E-state index contributed by atoms with van der Waals surface area (Å²) in [5, 5.41) is 8.92. The van der Waals surface area contributed by atoms with Crippen molar-refractivity contribution < 1.29 is 4.79 Å². The van der Waals surface area contributed by atoms with Crippen LogP contribution in [-0.2, 0) is 6.54 Å². The zero-order valence-corrected chi connectivity index (χ0v) is 18.5. The molecule has 0 N–H and O–H groups in total. The number of aromatic nitrogens is 4. The fourth-order valence-electron chi connectivity index (χ4n) is 3.57. The molecule has 0 saturated carbocycles. The van der Waals surface area contributed by atoms with Crippen LogP contribution >= 0.6 is 22.9 Å². The molecule has 0 bridgehead atoms. The Morgan fingerprint density at radius 1 is 1.07 bits per heavy atom. The topological polar surface area (TPSA) is 76.3 Å². The first-order valence-corrected chi connectivity index (χ1v) is 11.0. The predicted molar refractivity (Wildman–Crippen MR) is 117 cm³/mol. The first-order chi connectivity index (χ1) is 14.4. The fraction of sp³-hybridized carbons (Fsp3) is 0.400. The first-order valence-electron chi connectivity index (χ1n) is 9.79. The lowest BCUT2D eigenvalue weighted by molar-refractivity contribution is 0.0636. The average Bonchev–Trinajstić information content (AvgIpc) is 3.32. The zero-order chi connectivity index (χ0) is 21.3. The molecule has 0 aromatic carbocycles. The van der Waals surface area contributed by atoms with Gasteiger partial charge in [0.2, 0.25) is 0 Å². The van der Waals surface area contributed by atoms with Crippen molar-refractivity contribution in [1.29, 1.82) is 0 Å². The number of hydrogen-bond acceptors (Lipinski definition) is 6. The molecule has 4 heterocycles. The van der Waals surface area contributed by atoms with Gasteiger partial charge in [-0.25, -0.2) is 9.36 Å². The van der Waals surface area contributed by atoms with Crippen LogP contribution < -0.4 is 5.56 Å². The second kappa shape index (κ2) is 8.71. The highest BCUT2D eigenvalue weighted by Gasteiger charge is 2.23. The Morgan fingerprint density at radius 2 is 1.83 bits per heavy atom. The number of hydrogen-bond donors (Lipinski definition) is 0. The van der Waals surface area contributed by atoms with Crippen LogP contribution in [-0.4, -0.2) is 68.0 Å². The summed E-state index contributed by atoms with van der Waals surface area (Å²) < 4.78 is 3.85. The molecule has 0 radical (unpaired) electrons. The van der Waals surface area contributed by atoms with E-state index in [2.05, 4.69) is 15.1 Å². The van der Waals surface area contributed by atoms with Gasteiger partial charge in [-0.15, -0.1) is 16.4 Å². The minimum Gasteiger partial charge on any atom is -0.335 e. The van der Waals surface area contributed by atoms with E-state index in [1.54, 1.807) is 22.9 Å². The van der Waals surface area contributed by atoms with E-state index in [1.165, 1.54) is 22.1 Å². The second-order valence-electron chi connectivity index (χ2n) is 7.33. The van der Waals surface area contributed by atoms with Crippen LogP contribution in [0, 0.1) is 13.8 Å². The van der Waals surface area contributed by atoms with Gasteiger partial charge in [0.1, 0.15) is 0 Å². The summed E-state index contributed by atoms with van der Waals surface area (Å²) in [4.78, 5) is 29.6. The number of amides is 1. The van der Waals surface area contributed by atoms with Crippen molar-refractivity contribution in [3.05, 3.63) is 61.3 Å². The maximum absolute atomic E-state index is 12.5. The molecule has 1 saturated heterocycles. The number of carbonyl (C=O) groups is 1. The number of aryl methyl sites for hydroxylation is 2. The van der Waals surface area contributed by atoms with E-state index in [4.69, 9.17) is 11.6 Å². The highest BCUT2D eigenvalue weighted by Crippen LogP contribution is 2.23. The van der Waals surface area contributed by atoms with E-state index in [1.807, 2.05) is 24.8 Å². The predicted octanol–water partition coefficient (Wildman–Crippen LogP) is 2.22. The lowest BCUT2D eigenvalue weighted by Gasteiger charge is -2.34. The standard InChI is InChI=1S/C20H23ClN6O2S/c1-14-13-15(2)27(22-14)18-5-6-19(28)26(23-18)12-9-24-7-10-25(11-8-24)20(29)16-3-4-17(21)30-16/h3-6,13H,7-12H2,1-2H3. The molecule has 1 aliphatic heterocycles. The molecule has 1 aliphatic rings. The highest BCUT2D eigenvalue weighted by molar-refractivity contribution is 7.17. The molecule has 30 heavy (non-hydrogen) atoms. The largest absolute Gasteiger partial charge is 0.335 e. The quantitative estimate of drug-likeness (QED) is 0.600. The van der Waals surface area contributed by atoms with Crippen LogP contribution in [0.2, 0.25) is 4.34 Å². The van der Waals surface area contributed by atoms with Crippen LogP contribution in [0.25, 0.3) is 5.82 Å². The SMILES string of the molecule is Cc1cc(C)n(-c2ccc(=O)n(CCN3CCN(C(=O)c4ccc(Cl)s4)CC3)n2)n1. The molecule has 4 rings (SSSR count). The third kappa shape index (κ3) is 4.48. The number of carbonyl (C=O) groups excluding carboxylic acids is 1. The van der Waals surface area contributed by atoms with Gasteiger partial charge in [-0.1, -0.05) is 11.6 Å². The van der Waals surface area contributed by atoms with Gasteiger partial charge in [0.15, 0.2) is 5.82 Å². The number of piperazine rings is 1. The number of rotatable bonds is 5. The second-order valence-corrected chi connectivity index (χ2v) is 9.04. The van der Waals surface area contributed by atoms with Crippen LogP contribution in [0.15, 0.2) is 35.1 Å². The minimum absolute atomic E-state index is 0.0297. The molecule has 0 unspecified atom stereocenters. The van der Waals surface area contributed by atoms with Gasteiger partial charge >= 0.3 is 0 Å². The summed E-state index contributed by atoms with van der Waals surface area (Å²) in [5.74, 6) is 0.659. The number of nitrogens with zero attached hydrogens (tertiary/aromatic N) is 6. The van der Waals surface area contributed by atoms with Gasteiger partial charge in [-0.2, -0.15) is 5.10 Å². The van der Waals surface area contributed by atoms with Crippen molar-refractivity contribution >= 4 is 28.8 Å². The number of thiophene rings is 1. The molecule has 10 heteroatoms. The van der Waals surface area contributed by atoms with E-state index in [9.17, 15) is 9.59 Å². The highest BCUT2D eigenvalue weighted by atomic mass is 35.5. The van der Waals surface area contributed by atoms with E-state index < -0.39 is 0 Å². The van der Waals surface area contributed by atoms with Gasteiger partial charge in [0.25, 0.3) is 11.5 Å². The zero-order valence-electron chi connectivity index (χ0n) is 16.9. The molecule has 0 spiro atoms. The van der Waals surface area contributed by atoms with Crippen LogP contribution in [0.1, 0.15) is 21.1 Å². The van der Waals surface area contributed by atoms with Crippen LogP contribution in [0.4, 0.5) is 0 Å². The molecular formula is C20H23ClN6O2S. The van der Waals surface area contributed by atoms with E-state index >= 15 is 0 Å². The summed E-state index contributed by atoms with van der Waals surface area (Å²) in [6.07, 6.45) is 0. The third-order valence-corrected chi connectivity index (χ3v) is 6.37. The van der Waals surface area contributed by atoms with Crippen molar-refractivity contribution in [3.63, 3.8) is 0 Å². The van der Waals surface area contributed by atoms with Crippen molar-refractivity contribution in [2.24, 2.45) is 0 Å². The van der Waals surface area contributed by atoms with Crippen molar-refractivity contribution in [1.82, 2.24) is 29.4 Å². The summed E-state index contributed by atoms with van der Waals surface area (Å²) >= 11 is 7.25. The van der Waals surface area contributed by atoms with Crippen LogP contribution in [0.3, 0.4) is 0 Å². The van der Waals surface area contributed by atoms with Gasteiger partial charge in [0, 0.05) is 44.5 Å². The van der Waals surface area contributed by atoms with E-state index in [0.29, 0.717) is 41.2 Å². The maximum atomic E-state index is 12.5. The van der Waals surface area contributed by atoms with Gasteiger partial charge in [0.05, 0.1) is 21.5 Å². The fourth-order valence-corrected chi connectivity index (χ4v) is 4.58. The Morgan fingerprint density at radius 3 is 2.47 bits per heavy atom. The summed E-state index contributed by atoms with van der Waals surface area (Å²) in [5.41, 5.74) is 1.74. The lowest BCUT2D eigenvalue weighted by atomic mass is 10.3. The normalized spacial score (nSPS) is 15.0. The van der Waals surface area contributed by atoms with Crippen molar-refractivity contribution in [2.75, 3.05) is 32.7 Å². The molecule has 1 fully saturated rings. The molecule has 0 aliphatic carbocycles. The van der Waals surface area contributed by atoms with Gasteiger partial charge in [-0.05, 0) is 38.1 Å². The molecule has 8 nitrogen and oxygen atoms in total. The number of halogens is 1. The van der Waals surface area contributed by atoms with Crippen molar-refractivity contribution in [3.8, 4) is 5.82 Å².